The average molecular weight is 252 g/mol. The molecule has 1 aromatic heterocycles. The van der Waals surface area contributed by atoms with Crippen LogP contribution in [0.15, 0.2) is 24.3 Å². The number of nitrogens with zero attached hydrogens (tertiary/aromatic N) is 2. The van der Waals surface area contributed by atoms with E-state index < -0.39 is 6.03 Å². The Balaban J connectivity index is 2.01. The molecule has 2 amide bonds. The van der Waals surface area contributed by atoms with E-state index in [1.807, 2.05) is 0 Å². The third kappa shape index (κ3) is 2.94. The molecule has 0 unspecified atom stereocenters. The highest BCUT2D eigenvalue weighted by Crippen LogP contribution is 2.20. The number of aryl methyl sites for hydroxylation is 1. The summed E-state index contributed by atoms with van der Waals surface area (Å²) in [5, 5.41) is 11.9. The number of halogens is 1. The number of aromatic nitrogens is 3. The van der Waals surface area contributed by atoms with Gasteiger partial charge in [-0.3, -0.25) is 10.4 Å². The van der Waals surface area contributed by atoms with E-state index in [9.17, 15) is 4.79 Å². The molecule has 7 heteroatoms. The maximum atomic E-state index is 11.6. The zero-order chi connectivity index (χ0) is 12.3. The first-order valence-electron chi connectivity index (χ1n) is 4.86. The zero-order valence-corrected chi connectivity index (χ0v) is 9.75. The van der Waals surface area contributed by atoms with Gasteiger partial charge in [0.05, 0.1) is 10.7 Å². The quantitative estimate of drug-likeness (QED) is 0.766. The molecule has 6 nitrogen and oxygen atoms in total. The number of rotatable bonds is 2. The molecule has 2 rings (SSSR count). The molecule has 0 fully saturated rings. The van der Waals surface area contributed by atoms with Crippen LogP contribution >= 0.6 is 11.6 Å². The predicted octanol–water partition coefficient (Wildman–Crippen LogP) is 2.41. The lowest BCUT2D eigenvalue weighted by molar-refractivity contribution is 0.262. The van der Waals surface area contributed by atoms with Crippen LogP contribution in [0.4, 0.5) is 16.4 Å². The number of urea groups is 1. The Morgan fingerprint density at radius 3 is 2.76 bits per heavy atom. The number of para-hydroxylation sites is 1. The molecule has 0 radical (unpaired) electrons. The van der Waals surface area contributed by atoms with Gasteiger partial charge in [0, 0.05) is 0 Å². The third-order valence-corrected chi connectivity index (χ3v) is 2.27. The van der Waals surface area contributed by atoms with Crippen LogP contribution in [0.25, 0.3) is 0 Å². The van der Waals surface area contributed by atoms with Gasteiger partial charge < -0.3 is 5.32 Å². The van der Waals surface area contributed by atoms with Gasteiger partial charge in [0.15, 0.2) is 0 Å². The van der Waals surface area contributed by atoms with E-state index >= 15 is 0 Å². The highest BCUT2D eigenvalue weighted by molar-refractivity contribution is 6.33. The second kappa shape index (κ2) is 4.84. The molecule has 3 N–H and O–H groups in total. The van der Waals surface area contributed by atoms with E-state index in [0.29, 0.717) is 16.5 Å². The van der Waals surface area contributed by atoms with Gasteiger partial charge in [-0.25, -0.2) is 4.79 Å². The van der Waals surface area contributed by atoms with E-state index in [1.165, 1.54) is 0 Å². The molecule has 1 heterocycles. The molecule has 0 saturated carbocycles. The number of hydrogen-bond donors (Lipinski definition) is 3. The zero-order valence-electron chi connectivity index (χ0n) is 8.99. The summed E-state index contributed by atoms with van der Waals surface area (Å²) in [4.78, 5) is 15.5. The summed E-state index contributed by atoms with van der Waals surface area (Å²) in [6, 6.07) is 6.50. The van der Waals surface area contributed by atoms with E-state index in [0.717, 1.165) is 0 Å². The molecule has 0 aliphatic rings. The molecule has 0 saturated heterocycles. The van der Waals surface area contributed by atoms with Crippen LogP contribution in [0, 0.1) is 6.92 Å². The van der Waals surface area contributed by atoms with Gasteiger partial charge in [-0.2, -0.15) is 4.98 Å². The van der Waals surface area contributed by atoms with Gasteiger partial charge in [-0.15, -0.1) is 5.10 Å². The highest BCUT2D eigenvalue weighted by atomic mass is 35.5. The number of carbonyl (C=O) groups is 1. The summed E-state index contributed by atoms with van der Waals surface area (Å²) in [6.45, 7) is 1.74. The first-order valence-corrected chi connectivity index (χ1v) is 5.24. The van der Waals surface area contributed by atoms with Crippen molar-refractivity contribution in [1.82, 2.24) is 15.2 Å². The predicted molar refractivity (Wildman–Crippen MR) is 65.2 cm³/mol. The summed E-state index contributed by atoms with van der Waals surface area (Å²) in [5.41, 5.74) is 0.527. The summed E-state index contributed by atoms with van der Waals surface area (Å²) >= 11 is 5.90. The van der Waals surface area contributed by atoms with Crippen molar-refractivity contribution < 1.29 is 4.79 Å². The maximum Gasteiger partial charge on any atom is 0.326 e. The van der Waals surface area contributed by atoms with Gasteiger partial charge in [-0.1, -0.05) is 23.7 Å². The molecular weight excluding hydrogens is 242 g/mol. The molecule has 88 valence electrons. The smallest absolute Gasteiger partial charge is 0.306 e. The SMILES string of the molecule is Cc1nc(NC(=O)Nc2ccccc2Cl)n[nH]1. The Hall–Kier alpha value is -2.08. The van der Waals surface area contributed by atoms with Crippen molar-refractivity contribution in [3.8, 4) is 0 Å². The van der Waals surface area contributed by atoms with Crippen LogP contribution in [-0.2, 0) is 0 Å². The van der Waals surface area contributed by atoms with Crippen molar-refractivity contribution >= 4 is 29.3 Å². The van der Waals surface area contributed by atoms with Gasteiger partial charge in [-0.05, 0) is 19.1 Å². The van der Waals surface area contributed by atoms with Gasteiger partial charge in [0.25, 0.3) is 0 Å². The van der Waals surface area contributed by atoms with Crippen molar-refractivity contribution in [1.29, 1.82) is 0 Å². The molecule has 0 aliphatic carbocycles. The molecule has 0 aliphatic heterocycles. The van der Waals surface area contributed by atoms with Gasteiger partial charge in [0.1, 0.15) is 5.82 Å². The molecule has 2 aromatic rings. The molecule has 1 aromatic carbocycles. The lowest BCUT2D eigenvalue weighted by Gasteiger charge is -2.06. The summed E-state index contributed by atoms with van der Waals surface area (Å²) in [7, 11) is 0. The van der Waals surface area contributed by atoms with Crippen LogP contribution in [-0.4, -0.2) is 21.2 Å². The molecule has 0 spiro atoms. The van der Waals surface area contributed by atoms with E-state index in [-0.39, 0.29) is 5.95 Å². The summed E-state index contributed by atoms with van der Waals surface area (Å²) in [6.07, 6.45) is 0. The molecule has 0 atom stereocenters. The number of nitrogens with one attached hydrogen (secondary N) is 3. The van der Waals surface area contributed by atoms with Crippen molar-refractivity contribution in [2.45, 2.75) is 6.92 Å². The first kappa shape index (κ1) is 11.4. The second-order valence-corrected chi connectivity index (χ2v) is 3.71. The number of H-pyrrole nitrogens is 1. The number of hydrogen-bond acceptors (Lipinski definition) is 3. The fourth-order valence-corrected chi connectivity index (χ4v) is 1.40. The van der Waals surface area contributed by atoms with Crippen LogP contribution in [0.2, 0.25) is 5.02 Å². The number of anilines is 2. The number of carbonyl (C=O) groups excluding carboxylic acids is 1. The number of aromatic amines is 1. The lowest BCUT2D eigenvalue weighted by Crippen LogP contribution is -2.20. The van der Waals surface area contributed by atoms with Crippen molar-refractivity contribution in [3.63, 3.8) is 0 Å². The van der Waals surface area contributed by atoms with Gasteiger partial charge in [0.2, 0.25) is 5.95 Å². The summed E-state index contributed by atoms with van der Waals surface area (Å²) < 4.78 is 0. The monoisotopic (exact) mass is 251 g/mol. The van der Waals surface area contributed by atoms with Crippen LogP contribution in [0.5, 0.6) is 0 Å². The normalized spacial score (nSPS) is 10.0. The van der Waals surface area contributed by atoms with Gasteiger partial charge >= 0.3 is 6.03 Å². The minimum absolute atomic E-state index is 0.215. The number of amides is 2. The first-order chi connectivity index (χ1) is 8.15. The van der Waals surface area contributed by atoms with Crippen molar-refractivity contribution in [3.05, 3.63) is 35.1 Å². The van der Waals surface area contributed by atoms with Crippen LogP contribution in [0.3, 0.4) is 0 Å². The minimum atomic E-state index is -0.447. The lowest BCUT2D eigenvalue weighted by atomic mass is 10.3. The average Bonchev–Trinajstić information content (AvgIpc) is 2.67. The Morgan fingerprint density at radius 1 is 1.35 bits per heavy atom. The molecule has 17 heavy (non-hydrogen) atoms. The van der Waals surface area contributed by atoms with E-state index in [2.05, 4.69) is 25.8 Å². The van der Waals surface area contributed by atoms with Crippen LogP contribution < -0.4 is 10.6 Å². The van der Waals surface area contributed by atoms with Crippen molar-refractivity contribution in [2.24, 2.45) is 0 Å². The van der Waals surface area contributed by atoms with Crippen molar-refractivity contribution in [2.75, 3.05) is 10.6 Å². The largest absolute Gasteiger partial charge is 0.326 e. The Kier molecular flexibility index (Phi) is 3.24. The molecular formula is C10H10ClN5O. The standard InChI is InChI=1S/C10H10ClN5O/c1-6-12-9(16-15-6)14-10(17)13-8-5-3-2-4-7(8)11/h2-5H,1H3,(H3,12,13,14,15,16,17). The summed E-state index contributed by atoms with van der Waals surface area (Å²) in [5.74, 6) is 0.838. The topological polar surface area (TPSA) is 82.7 Å². The fraction of sp³-hybridized carbons (Fsp3) is 0.100. The highest BCUT2D eigenvalue weighted by Gasteiger charge is 2.07. The number of benzene rings is 1. The minimum Gasteiger partial charge on any atom is -0.306 e. The van der Waals surface area contributed by atoms with E-state index in [1.54, 1.807) is 31.2 Å². The second-order valence-electron chi connectivity index (χ2n) is 3.30. The molecule has 0 bridgehead atoms. The fourth-order valence-electron chi connectivity index (χ4n) is 1.22. The maximum absolute atomic E-state index is 11.6. The Labute approximate surface area is 102 Å². The Bertz CT molecular complexity index is 539. The third-order valence-electron chi connectivity index (χ3n) is 1.94. The van der Waals surface area contributed by atoms with Crippen LogP contribution in [0.1, 0.15) is 5.82 Å². The Morgan fingerprint density at radius 2 is 2.12 bits per heavy atom. The van der Waals surface area contributed by atoms with E-state index in [4.69, 9.17) is 11.6 Å².